The molecule has 2 aromatic rings. The molecule has 0 aliphatic carbocycles. The number of aromatic nitrogens is 1. The molecule has 29 heavy (non-hydrogen) atoms. The Hall–Kier alpha value is -2.47. The van der Waals surface area contributed by atoms with E-state index in [-0.39, 0.29) is 34.9 Å². The molecule has 1 aromatic carbocycles. The molecule has 4 rings (SSSR count). The van der Waals surface area contributed by atoms with Crippen LogP contribution in [0.25, 0.3) is 0 Å². The van der Waals surface area contributed by atoms with Gasteiger partial charge >= 0.3 is 0 Å². The van der Waals surface area contributed by atoms with Crippen LogP contribution in [0.3, 0.4) is 0 Å². The van der Waals surface area contributed by atoms with Gasteiger partial charge in [-0.1, -0.05) is 26.0 Å². The monoisotopic (exact) mass is 398 g/mol. The summed E-state index contributed by atoms with van der Waals surface area (Å²) in [4.78, 5) is 29.8. The van der Waals surface area contributed by atoms with Crippen LogP contribution in [0, 0.1) is 17.7 Å². The Bertz CT molecular complexity index is 957. The van der Waals surface area contributed by atoms with E-state index < -0.39 is 5.54 Å². The summed E-state index contributed by atoms with van der Waals surface area (Å²) >= 11 is 0. The fraction of sp³-hybridized carbons (Fsp3) is 0.478. The third-order valence-corrected chi connectivity index (χ3v) is 6.46. The second-order valence-corrected chi connectivity index (χ2v) is 8.60. The number of rotatable bonds is 3. The van der Waals surface area contributed by atoms with Crippen LogP contribution < -0.4 is 5.56 Å². The van der Waals surface area contributed by atoms with Crippen molar-refractivity contribution in [3.63, 3.8) is 0 Å². The van der Waals surface area contributed by atoms with E-state index >= 15 is 0 Å². The molecular formula is C23H27FN2O3. The number of benzene rings is 1. The highest BCUT2D eigenvalue weighted by molar-refractivity contribution is 5.94. The average molecular weight is 398 g/mol. The molecule has 1 N–H and O–H groups in total. The summed E-state index contributed by atoms with van der Waals surface area (Å²) < 4.78 is 20.1. The van der Waals surface area contributed by atoms with Crippen molar-refractivity contribution in [2.45, 2.75) is 44.8 Å². The van der Waals surface area contributed by atoms with Crippen LogP contribution in [-0.4, -0.2) is 34.5 Å². The lowest BCUT2D eigenvalue weighted by molar-refractivity contribution is -0.112. The van der Waals surface area contributed by atoms with Crippen molar-refractivity contribution in [1.82, 2.24) is 9.88 Å². The third-order valence-electron chi connectivity index (χ3n) is 6.46. The minimum absolute atomic E-state index is 0.146. The van der Waals surface area contributed by atoms with Gasteiger partial charge in [-0.15, -0.1) is 0 Å². The highest BCUT2D eigenvalue weighted by Gasteiger charge is 2.51. The van der Waals surface area contributed by atoms with Crippen molar-refractivity contribution in [2.75, 3.05) is 13.2 Å². The zero-order valence-corrected chi connectivity index (χ0v) is 16.9. The van der Waals surface area contributed by atoms with Crippen LogP contribution in [-0.2, 0) is 4.74 Å². The van der Waals surface area contributed by atoms with E-state index in [1.165, 1.54) is 12.3 Å². The molecule has 0 bridgehead atoms. The fourth-order valence-electron chi connectivity index (χ4n) is 4.94. The summed E-state index contributed by atoms with van der Waals surface area (Å²) in [5, 5.41) is 0. The quantitative estimate of drug-likeness (QED) is 0.852. The van der Waals surface area contributed by atoms with Crippen molar-refractivity contribution in [1.29, 1.82) is 0 Å². The molecular weight excluding hydrogens is 371 g/mol. The van der Waals surface area contributed by atoms with Gasteiger partial charge in [0.15, 0.2) is 0 Å². The maximum Gasteiger partial charge on any atom is 0.260 e. The summed E-state index contributed by atoms with van der Waals surface area (Å²) in [5.41, 5.74) is 0.225. The van der Waals surface area contributed by atoms with Gasteiger partial charge in [0, 0.05) is 12.7 Å². The largest absolute Gasteiger partial charge is 0.371 e. The highest BCUT2D eigenvalue weighted by Crippen LogP contribution is 2.47. The summed E-state index contributed by atoms with van der Waals surface area (Å²) in [7, 11) is 0. The number of H-pyrrole nitrogens is 1. The molecule has 154 valence electrons. The van der Waals surface area contributed by atoms with Crippen LogP contribution in [0.15, 0.2) is 47.4 Å². The van der Waals surface area contributed by atoms with Crippen molar-refractivity contribution in [2.24, 2.45) is 11.8 Å². The van der Waals surface area contributed by atoms with Gasteiger partial charge in [0.05, 0.1) is 18.2 Å². The van der Waals surface area contributed by atoms with Crippen molar-refractivity contribution in [3.8, 4) is 0 Å². The van der Waals surface area contributed by atoms with Gasteiger partial charge in [0.1, 0.15) is 11.4 Å². The first-order valence-corrected chi connectivity index (χ1v) is 10.3. The summed E-state index contributed by atoms with van der Waals surface area (Å²) in [6, 6.07) is 9.84. The van der Waals surface area contributed by atoms with Crippen molar-refractivity contribution in [3.05, 3.63) is 69.9 Å². The van der Waals surface area contributed by atoms with Gasteiger partial charge in [0.25, 0.3) is 11.5 Å². The lowest BCUT2D eigenvalue weighted by atomic mass is 9.73. The Morgan fingerprint density at radius 2 is 2.14 bits per heavy atom. The first-order valence-electron chi connectivity index (χ1n) is 10.3. The smallest absolute Gasteiger partial charge is 0.260 e. The lowest BCUT2D eigenvalue weighted by Crippen LogP contribution is -2.56. The second kappa shape index (κ2) is 7.75. The summed E-state index contributed by atoms with van der Waals surface area (Å²) in [6.07, 6.45) is 3.84. The number of halogens is 1. The maximum absolute atomic E-state index is 13.8. The number of nitrogens with zero attached hydrogens (tertiary/aromatic N) is 1. The van der Waals surface area contributed by atoms with Gasteiger partial charge in [-0.2, -0.15) is 0 Å². The molecule has 3 atom stereocenters. The third kappa shape index (κ3) is 3.62. The van der Waals surface area contributed by atoms with Crippen LogP contribution in [0.1, 0.15) is 55.1 Å². The van der Waals surface area contributed by atoms with Gasteiger partial charge in [-0.05, 0) is 60.9 Å². The standard InChI is InChI=1S/C23H27FN2O3/c1-15(2)19-13-23(14-29-20(19)16-6-3-7-17(24)12-16)9-5-11-26(23)22(28)18-8-4-10-25-21(18)27/h3-4,6-8,10,12,15,19-20H,5,9,11,13-14H2,1-2H3,(H,25,27)/t19-,20-,23-/m0/s1. The van der Waals surface area contributed by atoms with Gasteiger partial charge in [-0.3, -0.25) is 9.59 Å². The molecule has 2 aliphatic rings. The van der Waals surface area contributed by atoms with Gasteiger partial charge in [-0.25, -0.2) is 4.39 Å². The summed E-state index contributed by atoms with van der Waals surface area (Å²) in [5.74, 6) is -0.0549. The van der Waals surface area contributed by atoms with E-state index in [1.54, 1.807) is 24.3 Å². The van der Waals surface area contributed by atoms with Crippen molar-refractivity contribution >= 4 is 5.91 Å². The van der Waals surface area contributed by atoms with Crippen LogP contribution in [0.5, 0.6) is 0 Å². The molecule has 6 heteroatoms. The van der Waals surface area contributed by atoms with E-state index in [4.69, 9.17) is 4.74 Å². The minimum Gasteiger partial charge on any atom is -0.371 e. The number of carbonyl (C=O) groups is 1. The SMILES string of the molecule is CC(C)[C@@H]1C[C@@]2(CCCN2C(=O)c2ccc[nH]c2=O)CO[C@H]1c1cccc(F)c1. The topological polar surface area (TPSA) is 62.4 Å². The zero-order valence-electron chi connectivity index (χ0n) is 16.9. The number of hydrogen-bond acceptors (Lipinski definition) is 3. The molecule has 1 amide bonds. The molecule has 0 unspecified atom stereocenters. The van der Waals surface area contributed by atoms with Gasteiger partial charge in [0.2, 0.25) is 0 Å². The number of pyridine rings is 1. The maximum atomic E-state index is 13.8. The molecule has 2 aliphatic heterocycles. The Morgan fingerprint density at radius 3 is 2.86 bits per heavy atom. The van der Waals surface area contributed by atoms with Crippen LogP contribution in [0.2, 0.25) is 0 Å². The first kappa shape index (κ1) is 19.8. The molecule has 1 spiro atoms. The number of ether oxygens (including phenoxy) is 1. The normalized spacial score (nSPS) is 27.0. The van der Waals surface area contributed by atoms with E-state index in [9.17, 15) is 14.0 Å². The van der Waals surface area contributed by atoms with Crippen LogP contribution >= 0.6 is 0 Å². The minimum atomic E-state index is -0.419. The Morgan fingerprint density at radius 1 is 1.31 bits per heavy atom. The fourth-order valence-corrected chi connectivity index (χ4v) is 4.94. The predicted molar refractivity (Wildman–Crippen MR) is 108 cm³/mol. The van der Waals surface area contributed by atoms with Crippen LogP contribution in [0.4, 0.5) is 4.39 Å². The lowest BCUT2D eigenvalue weighted by Gasteiger charge is -2.48. The molecule has 3 heterocycles. The van der Waals surface area contributed by atoms with Crippen molar-refractivity contribution < 1.29 is 13.9 Å². The Balaban J connectivity index is 1.64. The molecule has 2 fully saturated rings. The number of nitrogens with one attached hydrogen (secondary N) is 1. The number of likely N-dealkylation sites (tertiary alicyclic amines) is 1. The van der Waals surface area contributed by atoms with Gasteiger partial charge < -0.3 is 14.6 Å². The number of hydrogen-bond donors (Lipinski definition) is 1. The molecule has 1 aromatic heterocycles. The van der Waals surface area contributed by atoms with E-state index in [0.29, 0.717) is 19.1 Å². The predicted octanol–water partition coefficient (Wildman–Crippen LogP) is 3.92. The number of aromatic amines is 1. The summed E-state index contributed by atoms with van der Waals surface area (Å²) in [6.45, 7) is 5.30. The number of carbonyl (C=O) groups excluding carboxylic acids is 1. The zero-order chi connectivity index (χ0) is 20.6. The molecule has 0 saturated carbocycles. The molecule has 5 nitrogen and oxygen atoms in total. The molecule has 2 saturated heterocycles. The molecule has 0 radical (unpaired) electrons. The van der Waals surface area contributed by atoms with E-state index in [2.05, 4.69) is 18.8 Å². The average Bonchev–Trinajstić information content (AvgIpc) is 3.10. The second-order valence-electron chi connectivity index (χ2n) is 8.60. The van der Waals surface area contributed by atoms with E-state index in [0.717, 1.165) is 24.8 Å². The number of amides is 1. The Labute approximate surface area is 169 Å². The highest BCUT2D eigenvalue weighted by atomic mass is 19.1. The van der Waals surface area contributed by atoms with E-state index in [1.807, 2.05) is 11.0 Å². The Kier molecular flexibility index (Phi) is 5.30. The first-order chi connectivity index (χ1) is 13.9.